The average Bonchev–Trinajstić information content (AvgIpc) is 2.35. The molecule has 0 radical (unpaired) electrons. The van der Waals surface area contributed by atoms with Gasteiger partial charge in [0.05, 0.1) is 5.69 Å². The summed E-state index contributed by atoms with van der Waals surface area (Å²) in [6.45, 7) is 6.38. The van der Waals surface area contributed by atoms with E-state index in [0.717, 1.165) is 0 Å². The number of Topliss-reactive ketones (excluding diaryl/α,β-unsaturated/α-hetero) is 1. The molecule has 2 amide bonds. The van der Waals surface area contributed by atoms with Gasteiger partial charge in [0, 0.05) is 5.56 Å². The number of para-hydroxylation sites is 1. The summed E-state index contributed by atoms with van der Waals surface area (Å²) in [7, 11) is 0. The molecule has 6 heteroatoms. The summed E-state index contributed by atoms with van der Waals surface area (Å²) in [4.78, 5) is 34.6. The summed E-state index contributed by atoms with van der Waals surface area (Å²) < 4.78 is 5.02. The Bertz CT molecular complexity index is 547. The normalized spacial score (nSPS) is 10.7. The van der Waals surface area contributed by atoms with Gasteiger partial charge in [0.15, 0.2) is 5.78 Å². The topological polar surface area (TPSA) is 84.5 Å². The zero-order valence-electron chi connectivity index (χ0n) is 12.6. The minimum absolute atomic E-state index is 0.147. The third-order valence-corrected chi connectivity index (χ3v) is 2.37. The highest BCUT2D eigenvalue weighted by molar-refractivity contribution is 6.04. The van der Waals surface area contributed by atoms with Gasteiger partial charge in [0.2, 0.25) is 5.91 Å². The van der Waals surface area contributed by atoms with Crippen LogP contribution in [-0.2, 0) is 9.53 Å². The first kappa shape index (κ1) is 16.7. The van der Waals surface area contributed by atoms with Crippen molar-refractivity contribution in [1.82, 2.24) is 5.32 Å². The van der Waals surface area contributed by atoms with Crippen LogP contribution in [0.5, 0.6) is 0 Å². The largest absolute Gasteiger partial charge is 0.444 e. The van der Waals surface area contributed by atoms with Gasteiger partial charge >= 0.3 is 6.09 Å². The molecule has 0 aliphatic heterocycles. The van der Waals surface area contributed by atoms with E-state index in [0.29, 0.717) is 11.3 Å². The van der Waals surface area contributed by atoms with Gasteiger partial charge < -0.3 is 15.4 Å². The fourth-order valence-electron chi connectivity index (χ4n) is 1.56. The van der Waals surface area contributed by atoms with Gasteiger partial charge in [-0.2, -0.15) is 0 Å². The summed E-state index contributed by atoms with van der Waals surface area (Å²) in [5, 5.41) is 4.93. The molecule has 0 atom stereocenters. The highest BCUT2D eigenvalue weighted by Crippen LogP contribution is 2.15. The molecule has 1 aromatic rings. The number of nitrogens with one attached hydrogen (secondary N) is 2. The first-order valence-corrected chi connectivity index (χ1v) is 6.56. The van der Waals surface area contributed by atoms with Crippen LogP contribution in [0.2, 0.25) is 0 Å². The van der Waals surface area contributed by atoms with E-state index < -0.39 is 17.6 Å². The molecule has 0 aliphatic carbocycles. The molecule has 114 valence electrons. The molecule has 6 nitrogen and oxygen atoms in total. The lowest BCUT2D eigenvalue weighted by molar-refractivity contribution is -0.115. The Labute approximate surface area is 123 Å². The molecule has 0 saturated heterocycles. The van der Waals surface area contributed by atoms with Crippen LogP contribution in [0.15, 0.2) is 24.3 Å². The second-order valence-corrected chi connectivity index (χ2v) is 5.51. The minimum Gasteiger partial charge on any atom is -0.444 e. The van der Waals surface area contributed by atoms with E-state index in [2.05, 4.69) is 10.6 Å². The second kappa shape index (κ2) is 6.88. The third-order valence-electron chi connectivity index (χ3n) is 2.37. The first-order valence-electron chi connectivity index (χ1n) is 6.56. The Kier molecular flexibility index (Phi) is 5.46. The van der Waals surface area contributed by atoms with E-state index in [4.69, 9.17) is 4.74 Å². The summed E-state index contributed by atoms with van der Waals surface area (Å²) in [5.41, 5.74) is 0.214. The number of anilines is 1. The Balaban J connectivity index is 2.55. The lowest BCUT2D eigenvalue weighted by Crippen LogP contribution is -2.37. The van der Waals surface area contributed by atoms with Crippen molar-refractivity contribution in [2.75, 3.05) is 11.9 Å². The first-order chi connectivity index (χ1) is 9.69. The maximum atomic E-state index is 11.8. The summed E-state index contributed by atoms with van der Waals surface area (Å²) in [6.07, 6.45) is -0.669. The lowest BCUT2D eigenvalue weighted by Gasteiger charge is -2.19. The molecule has 1 rings (SSSR count). The highest BCUT2D eigenvalue weighted by Gasteiger charge is 2.17. The van der Waals surface area contributed by atoms with E-state index >= 15 is 0 Å². The Hall–Kier alpha value is -2.37. The number of alkyl carbamates (subject to hydrolysis) is 1. The number of amides is 2. The summed E-state index contributed by atoms with van der Waals surface area (Å²) in [5.74, 6) is -0.583. The van der Waals surface area contributed by atoms with Crippen LogP contribution < -0.4 is 10.6 Å². The Morgan fingerprint density at radius 2 is 1.76 bits per heavy atom. The van der Waals surface area contributed by atoms with E-state index in [1.165, 1.54) is 6.92 Å². The molecule has 0 aromatic heterocycles. The van der Waals surface area contributed by atoms with Crippen molar-refractivity contribution in [3.8, 4) is 0 Å². The van der Waals surface area contributed by atoms with Crippen molar-refractivity contribution in [3.63, 3.8) is 0 Å². The van der Waals surface area contributed by atoms with E-state index in [1.54, 1.807) is 45.0 Å². The van der Waals surface area contributed by atoms with Gasteiger partial charge in [0.25, 0.3) is 0 Å². The van der Waals surface area contributed by atoms with Crippen molar-refractivity contribution in [2.24, 2.45) is 0 Å². The predicted molar refractivity (Wildman–Crippen MR) is 79.3 cm³/mol. The fraction of sp³-hybridized carbons (Fsp3) is 0.400. The van der Waals surface area contributed by atoms with Gasteiger partial charge in [-0.25, -0.2) is 4.79 Å². The molecule has 0 heterocycles. The van der Waals surface area contributed by atoms with Crippen molar-refractivity contribution >= 4 is 23.5 Å². The summed E-state index contributed by atoms with van der Waals surface area (Å²) >= 11 is 0. The van der Waals surface area contributed by atoms with Crippen LogP contribution in [0.25, 0.3) is 0 Å². The number of ketones is 1. The Morgan fingerprint density at radius 3 is 2.33 bits per heavy atom. The number of carbonyl (C=O) groups excluding carboxylic acids is 3. The van der Waals surface area contributed by atoms with Gasteiger partial charge in [-0.15, -0.1) is 0 Å². The van der Waals surface area contributed by atoms with Crippen LogP contribution >= 0.6 is 0 Å². The molecule has 1 aromatic carbocycles. The van der Waals surface area contributed by atoms with Gasteiger partial charge in [-0.3, -0.25) is 9.59 Å². The number of hydrogen-bond donors (Lipinski definition) is 2. The number of benzene rings is 1. The molecule has 2 N–H and O–H groups in total. The van der Waals surface area contributed by atoms with Gasteiger partial charge in [0.1, 0.15) is 12.1 Å². The average molecular weight is 292 g/mol. The minimum atomic E-state index is -0.669. The molecular weight excluding hydrogens is 272 g/mol. The molecular formula is C15H20N2O4. The van der Waals surface area contributed by atoms with Crippen molar-refractivity contribution in [3.05, 3.63) is 29.8 Å². The van der Waals surface area contributed by atoms with E-state index in [9.17, 15) is 14.4 Å². The van der Waals surface area contributed by atoms with Gasteiger partial charge in [-0.1, -0.05) is 12.1 Å². The number of carbonyl (C=O) groups is 3. The monoisotopic (exact) mass is 292 g/mol. The quantitative estimate of drug-likeness (QED) is 0.834. The number of ether oxygens (including phenoxy) is 1. The number of rotatable bonds is 4. The van der Waals surface area contributed by atoms with Crippen LogP contribution in [0, 0.1) is 0 Å². The lowest BCUT2D eigenvalue weighted by atomic mass is 10.1. The summed E-state index contributed by atoms with van der Waals surface area (Å²) in [6, 6.07) is 6.68. The fourth-order valence-corrected chi connectivity index (χ4v) is 1.56. The van der Waals surface area contributed by atoms with E-state index in [-0.39, 0.29) is 12.3 Å². The predicted octanol–water partition coefficient (Wildman–Crippen LogP) is 2.35. The molecule has 0 spiro atoms. The maximum absolute atomic E-state index is 11.8. The molecule has 0 bridgehead atoms. The maximum Gasteiger partial charge on any atom is 0.408 e. The van der Waals surface area contributed by atoms with Crippen LogP contribution in [0.4, 0.5) is 10.5 Å². The molecule has 0 saturated carbocycles. The van der Waals surface area contributed by atoms with Crippen LogP contribution in [-0.4, -0.2) is 29.9 Å². The standard InChI is InChI=1S/C15H20N2O4/c1-10(18)11-7-5-6-8-12(11)17-13(19)9-16-14(20)21-15(2,3)4/h5-8H,9H2,1-4H3,(H,16,20)(H,17,19). The zero-order chi connectivity index (χ0) is 16.0. The van der Waals surface area contributed by atoms with Crippen LogP contribution in [0.1, 0.15) is 38.1 Å². The molecule has 0 unspecified atom stereocenters. The van der Waals surface area contributed by atoms with E-state index in [1.807, 2.05) is 0 Å². The number of hydrogen-bond acceptors (Lipinski definition) is 4. The smallest absolute Gasteiger partial charge is 0.408 e. The second-order valence-electron chi connectivity index (χ2n) is 5.51. The van der Waals surface area contributed by atoms with Crippen LogP contribution in [0.3, 0.4) is 0 Å². The van der Waals surface area contributed by atoms with Gasteiger partial charge in [-0.05, 0) is 39.8 Å². The third kappa shape index (κ3) is 6.07. The Morgan fingerprint density at radius 1 is 1.14 bits per heavy atom. The highest BCUT2D eigenvalue weighted by atomic mass is 16.6. The van der Waals surface area contributed by atoms with Crippen molar-refractivity contribution in [1.29, 1.82) is 0 Å². The molecule has 0 fully saturated rings. The molecule has 0 aliphatic rings. The SMILES string of the molecule is CC(=O)c1ccccc1NC(=O)CNC(=O)OC(C)(C)C. The molecule has 21 heavy (non-hydrogen) atoms. The zero-order valence-corrected chi connectivity index (χ0v) is 12.6. The van der Waals surface area contributed by atoms with Crippen molar-refractivity contribution < 1.29 is 19.1 Å². The van der Waals surface area contributed by atoms with Crippen molar-refractivity contribution in [2.45, 2.75) is 33.3 Å².